The van der Waals surface area contributed by atoms with E-state index < -0.39 is 5.97 Å². The van der Waals surface area contributed by atoms with Crippen molar-refractivity contribution in [3.8, 4) is 11.1 Å². The summed E-state index contributed by atoms with van der Waals surface area (Å²) in [6.45, 7) is 10.6. The van der Waals surface area contributed by atoms with Crippen LogP contribution in [-0.4, -0.2) is 16.1 Å². The van der Waals surface area contributed by atoms with E-state index in [1.165, 1.54) is 0 Å². The minimum Gasteiger partial charge on any atom is -0.478 e. The van der Waals surface area contributed by atoms with Gasteiger partial charge in [-0.05, 0) is 41.0 Å². The molecular formula is C21H27ClN2O2. The fourth-order valence-electron chi connectivity index (χ4n) is 3.13. The second-order valence-electron chi connectivity index (χ2n) is 8.08. The van der Waals surface area contributed by atoms with Gasteiger partial charge < -0.3 is 10.8 Å². The number of rotatable bonds is 5. The van der Waals surface area contributed by atoms with Gasteiger partial charge in [0.1, 0.15) is 0 Å². The van der Waals surface area contributed by atoms with Crippen LogP contribution in [-0.2, 0) is 13.0 Å². The molecule has 0 atom stereocenters. The van der Waals surface area contributed by atoms with Gasteiger partial charge in [0.05, 0.1) is 11.3 Å². The first-order valence-corrected chi connectivity index (χ1v) is 9.18. The third-order valence-electron chi connectivity index (χ3n) is 4.21. The Labute approximate surface area is 160 Å². The minimum atomic E-state index is -0.983. The molecule has 0 saturated carbocycles. The highest BCUT2D eigenvalue weighted by Gasteiger charge is 2.27. The van der Waals surface area contributed by atoms with E-state index in [9.17, 15) is 9.90 Å². The second kappa shape index (κ2) is 7.77. The third kappa shape index (κ3) is 4.43. The lowest BCUT2D eigenvalue weighted by Gasteiger charge is -2.25. The van der Waals surface area contributed by atoms with Crippen LogP contribution in [0.25, 0.3) is 11.1 Å². The summed E-state index contributed by atoms with van der Waals surface area (Å²) in [6.07, 6.45) is 0.722. The summed E-state index contributed by atoms with van der Waals surface area (Å²) in [5.74, 6) is -0.999. The monoisotopic (exact) mass is 374 g/mol. The van der Waals surface area contributed by atoms with Crippen LogP contribution in [0.3, 0.4) is 0 Å². The van der Waals surface area contributed by atoms with Gasteiger partial charge in [-0.15, -0.1) is 0 Å². The molecule has 26 heavy (non-hydrogen) atoms. The van der Waals surface area contributed by atoms with Gasteiger partial charge in [-0.25, -0.2) is 4.79 Å². The summed E-state index contributed by atoms with van der Waals surface area (Å²) in [7, 11) is 0. The Morgan fingerprint density at radius 2 is 1.81 bits per heavy atom. The van der Waals surface area contributed by atoms with Crippen molar-refractivity contribution in [2.45, 2.75) is 53.5 Å². The number of carboxylic acids is 1. The summed E-state index contributed by atoms with van der Waals surface area (Å²) >= 11 is 6.02. The quantitative estimate of drug-likeness (QED) is 0.747. The first-order valence-electron chi connectivity index (χ1n) is 8.80. The number of aromatic nitrogens is 1. The number of carbonyl (C=O) groups is 1. The zero-order valence-electron chi connectivity index (χ0n) is 16.1. The molecule has 0 spiro atoms. The van der Waals surface area contributed by atoms with Gasteiger partial charge in [0, 0.05) is 22.8 Å². The molecule has 0 saturated heterocycles. The number of nitrogens with two attached hydrogens (primary N) is 1. The number of halogens is 1. The molecule has 4 nitrogen and oxygen atoms in total. The van der Waals surface area contributed by atoms with E-state index in [0.717, 1.165) is 23.2 Å². The molecule has 3 N–H and O–H groups in total. The molecule has 0 bridgehead atoms. The molecule has 5 heteroatoms. The Bertz CT molecular complexity index is 806. The van der Waals surface area contributed by atoms with Crippen molar-refractivity contribution in [1.82, 2.24) is 4.98 Å². The molecule has 1 aromatic carbocycles. The van der Waals surface area contributed by atoms with Gasteiger partial charge in [0.2, 0.25) is 0 Å². The van der Waals surface area contributed by atoms with Crippen LogP contribution in [0.15, 0.2) is 24.3 Å². The average molecular weight is 375 g/mol. The van der Waals surface area contributed by atoms with Gasteiger partial charge in [0.15, 0.2) is 0 Å². The lowest BCUT2D eigenvalue weighted by Crippen LogP contribution is -2.20. The molecular weight excluding hydrogens is 348 g/mol. The Balaban J connectivity index is 2.91. The molecule has 0 unspecified atom stereocenters. The van der Waals surface area contributed by atoms with Crippen molar-refractivity contribution in [3.63, 3.8) is 0 Å². The van der Waals surface area contributed by atoms with Crippen LogP contribution in [0.2, 0.25) is 5.02 Å². The molecule has 1 aromatic heterocycles. The number of aromatic carboxylic acids is 1. The molecule has 0 aliphatic rings. The number of pyridine rings is 1. The van der Waals surface area contributed by atoms with E-state index in [2.05, 4.69) is 20.8 Å². The summed E-state index contributed by atoms with van der Waals surface area (Å²) in [5, 5.41) is 10.6. The van der Waals surface area contributed by atoms with Crippen LogP contribution in [0, 0.1) is 5.41 Å². The van der Waals surface area contributed by atoms with Crippen molar-refractivity contribution >= 4 is 17.6 Å². The number of nitrogens with zero attached hydrogens (tertiary/aromatic N) is 1. The lowest BCUT2D eigenvalue weighted by molar-refractivity contribution is 0.0695. The van der Waals surface area contributed by atoms with E-state index in [4.69, 9.17) is 22.3 Å². The molecule has 0 aliphatic carbocycles. The van der Waals surface area contributed by atoms with Crippen molar-refractivity contribution in [1.29, 1.82) is 0 Å². The Morgan fingerprint density at radius 3 is 2.23 bits per heavy atom. The number of benzene rings is 1. The molecule has 0 amide bonds. The van der Waals surface area contributed by atoms with E-state index in [1.54, 1.807) is 12.1 Å². The first kappa shape index (κ1) is 20.4. The SMILES string of the molecule is CC(C)c1nc(CC(C)(C)C)c(CN)c(-c2ccc(Cl)cc2)c1C(=O)O. The molecule has 140 valence electrons. The smallest absolute Gasteiger partial charge is 0.338 e. The number of carboxylic acid groups (broad SMARTS) is 1. The van der Waals surface area contributed by atoms with E-state index in [0.29, 0.717) is 16.3 Å². The van der Waals surface area contributed by atoms with Crippen LogP contribution in [0.4, 0.5) is 0 Å². The Morgan fingerprint density at radius 1 is 1.23 bits per heavy atom. The van der Waals surface area contributed by atoms with Crippen LogP contribution < -0.4 is 5.73 Å². The van der Waals surface area contributed by atoms with E-state index in [1.807, 2.05) is 26.0 Å². The van der Waals surface area contributed by atoms with Crippen LogP contribution in [0.1, 0.15) is 67.8 Å². The Hall–Kier alpha value is -1.91. The predicted octanol–water partition coefficient (Wildman–Crippen LogP) is 5.27. The fraction of sp³-hybridized carbons (Fsp3) is 0.429. The largest absolute Gasteiger partial charge is 0.478 e. The van der Waals surface area contributed by atoms with Gasteiger partial charge in [-0.3, -0.25) is 4.98 Å². The molecule has 1 heterocycles. The summed E-state index contributed by atoms with van der Waals surface area (Å²) in [6, 6.07) is 7.21. The van der Waals surface area contributed by atoms with Crippen LogP contribution in [0.5, 0.6) is 0 Å². The average Bonchev–Trinajstić information content (AvgIpc) is 2.52. The fourth-order valence-corrected chi connectivity index (χ4v) is 3.26. The summed E-state index contributed by atoms with van der Waals surface area (Å²) < 4.78 is 0. The number of hydrogen-bond donors (Lipinski definition) is 2. The van der Waals surface area contributed by atoms with Crippen molar-refractivity contribution < 1.29 is 9.90 Å². The molecule has 0 radical (unpaired) electrons. The van der Waals surface area contributed by atoms with Gasteiger partial charge >= 0.3 is 5.97 Å². The third-order valence-corrected chi connectivity index (χ3v) is 4.46. The van der Waals surface area contributed by atoms with Gasteiger partial charge in [0.25, 0.3) is 0 Å². The normalized spacial score (nSPS) is 11.8. The zero-order chi connectivity index (χ0) is 19.6. The highest BCUT2D eigenvalue weighted by atomic mass is 35.5. The zero-order valence-corrected chi connectivity index (χ0v) is 16.8. The van der Waals surface area contributed by atoms with Gasteiger partial charge in [-0.2, -0.15) is 0 Å². The summed E-state index contributed by atoms with van der Waals surface area (Å²) in [4.78, 5) is 16.9. The first-order chi connectivity index (χ1) is 12.0. The minimum absolute atomic E-state index is 0.00712. The number of hydrogen-bond acceptors (Lipinski definition) is 3. The molecule has 0 aliphatic heterocycles. The molecule has 0 fully saturated rings. The van der Waals surface area contributed by atoms with E-state index in [-0.39, 0.29) is 23.4 Å². The van der Waals surface area contributed by atoms with Crippen molar-refractivity contribution in [2.75, 3.05) is 0 Å². The predicted molar refractivity (Wildman–Crippen MR) is 107 cm³/mol. The maximum Gasteiger partial charge on any atom is 0.338 e. The maximum absolute atomic E-state index is 12.1. The van der Waals surface area contributed by atoms with Gasteiger partial charge in [-0.1, -0.05) is 58.4 Å². The highest BCUT2D eigenvalue weighted by molar-refractivity contribution is 6.30. The Kier molecular flexibility index (Phi) is 6.09. The standard InChI is InChI=1S/C21H27ClN2O2/c1-12(2)19-18(20(25)26)17(13-6-8-14(22)9-7-13)15(11-23)16(24-19)10-21(3,4)5/h6-9,12H,10-11,23H2,1-5H3,(H,25,26). The highest BCUT2D eigenvalue weighted by Crippen LogP contribution is 2.36. The molecule has 2 aromatic rings. The second-order valence-corrected chi connectivity index (χ2v) is 8.52. The summed E-state index contributed by atoms with van der Waals surface area (Å²) in [5.41, 5.74) is 10.0. The van der Waals surface area contributed by atoms with E-state index >= 15 is 0 Å². The maximum atomic E-state index is 12.1. The topological polar surface area (TPSA) is 76.2 Å². The molecule has 2 rings (SSSR count). The van der Waals surface area contributed by atoms with Crippen molar-refractivity contribution in [2.24, 2.45) is 11.1 Å². The lowest BCUT2D eigenvalue weighted by atomic mass is 9.84. The van der Waals surface area contributed by atoms with Crippen molar-refractivity contribution in [3.05, 3.63) is 51.8 Å². The van der Waals surface area contributed by atoms with Crippen LogP contribution >= 0.6 is 11.6 Å².